The number of alkyl halides is 2. The first kappa shape index (κ1) is 33.1. The second kappa shape index (κ2) is 15.3. The van der Waals surface area contributed by atoms with Gasteiger partial charge in [0.1, 0.15) is 5.75 Å². The first-order valence-electron chi connectivity index (χ1n) is 14.1. The van der Waals surface area contributed by atoms with Crippen LogP contribution in [0.3, 0.4) is 0 Å². The molecule has 0 aromatic heterocycles. The van der Waals surface area contributed by atoms with E-state index in [9.17, 15) is 18.4 Å². The largest absolute Gasteiger partial charge is 0.486 e. The summed E-state index contributed by atoms with van der Waals surface area (Å²) in [7, 11) is 2.09. The molecule has 9 heteroatoms. The molecule has 4 rings (SSSR count). The van der Waals surface area contributed by atoms with Crippen LogP contribution in [0.25, 0.3) is 0 Å². The van der Waals surface area contributed by atoms with Gasteiger partial charge in [0.25, 0.3) is 0 Å². The lowest BCUT2D eigenvalue weighted by molar-refractivity contribution is -0.145. The number of hydrogen-bond acceptors (Lipinski definition) is 4. The number of ketones is 1. The van der Waals surface area contributed by atoms with Crippen molar-refractivity contribution in [1.82, 2.24) is 4.90 Å². The first-order valence-corrected chi connectivity index (χ1v) is 14.9. The van der Waals surface area contributed by atoms with E-state index in [-0.39, 0.29) is 17.0 Å². The molecule has 0 unspecified atom stereocenters. The monoisotopic (exact) mass is 639 g/mol. The Labute approximate surface area is 266 Å². The van der Waals surface area contributed by atoms with E-state index < -0.39 is 30.7 Å². The van der Waals surface area contributed by atoms with Gasteiger partial charge in [0.05, 0.1) is 5.56 Å². The minimum Gasteiger partial charge on any atom is -0.486 e. The smallest absolute Gasteiger partial charge is 0.335 e. The van der Waals surface area contributed by atoms with Crippen LogP contribution in [0, 0.1) is 0 Å². The number of hydrogen-bond donors (Lipinski definition) is 1. The zero-order chi connectivity index (χ0) is 31.7. The molecular weight excluding hydrogens is 607 g/mol. The van der Waals surface area contributed by atoms with E-state index in [2.05, 4.69) is 36.2 Å². The number of aromatic carboxylic acids is 1. The number of carbonyl (C=O) groups is 2. The van der Waals surface area contributed by atoms with Crippen LogP contribution in [0.1, 0.15) is 45.0 Å². The number of carbonyl (C=O) groups excluding carboxylic acids is 1. The third kappa shape index (κ3) is 9.61. The topological polar surface area (TPSA) is 66.8 Å². The molecule has 0 saturated carbocycles. The minimum absolute atomic E-state index is 0.0147. The predicted octanol–water partition coefficient (Wildman–Crippen LogP) is 8.21. The van der Waals surface area contributed by atoms with Crippen molar-refractivity contribution in [3.8, 4) is 5.75 Å². The number of nitrogens with zero attached hydrogens (tertiary/aromatic N) is 1. The zero-order valence-corrected chi connectivity index (χ0v) is 25.7. The highest BCUT2D eigenvalue weighted by molar-refractivity contribution is 6.30. The second-order valence-corrected chi connectivity index (χ2v) is 11.6. The molecule has 4 aromatic carbocycles. The summed E-state index contributed by atoms with van der Waals surface area (Å²) in [4.78, 5) is 25.4. The van der Waals surface area contributed by atoms with Crippen LogP contribution in [0.2, 0.25) is 10.0 Å². The number of benzene rings is 4. The maximum Gasteiger partial charge on any atom is 0.335 e. The number of likely N-dealkylation sites (N-methyl/N-ethyl adjacent to an activating group) is 1. The molecule has 0 atom stereocenters. The van der Waals surface area contributed by atoms with Gasteiger partial charge < -0.3 is 14.7 Å². The van der Waals surface area contributed by atoms with Gasteiger partial charge in [-0.2, -0.15) is 8.78 Å². The minimum atomic E-state index is -3.64. The molecule has 0 amide bonds. The fourth-order valence-corrected chi connectivity index (χ4v) is 5.13. The Hall–Kier alpha value is -3.78. The average Bonchev–Trinajstić information content (AvgIpc) is 3.00. The molecule has 230 valence electrons. The van der Waals surface area contributed by atoms with Crippen molar-refractivity contribution in [2.24, 2.45) is 0 Å². The van der Waals surface area contributed by atoms with Gasteiger partial charge in [-0.3, -0.25) is 4.79 Å². The highest BCUT2D eigenvalue weighted by Crippen LogP contribution is 2.28. The van der Waals surface area contributed by atoms with E-state index >= 15 is 0 Å². The third-order valence-electron chi connectivity index (χ3n) is 7.37. The Balaban J connectivity index is 1.24. The summed E-state index contributed by atoms with van der Waals surface area (Å²) in [6.07, 6.45) is 0.889. The highest BCUT2D eigenvalue weighted by Gasteiger charge is 2.38. The molecule has 0 aliphatic heterocycles. The van der Waals surface area contributed by atoms with Crippen LogP contribution in [-0.2, 0) is 17.6 Å². The van der Waals surface area contributed by atoms with Gasteiger partial charge in [-0.15, -0.1) is 0 Å². The van der Waals surface area contributed by atoms with E-state index in [1.165, 1.54) is 35.4 Å². The maximum absolute atomic E-state index is 14.5. The summed E-state index contributed by atoms with van der Waals surface area (Å²) in [5.41, 5.74) is 3.56. The molecule has 0 heterocycles. The Bertz CT molecular complexity index is 1480. The summed E-state index contributed by atoms with van der Waals surface area (Å²) in [6, 6.07) is 27.9. The number of rotatable bonds is 15. The number of carboxylic acid groups (broad SMARTS) is 1. The lowest BCUT2D eigenvalue weighted by Crippen LogP contribution is -2.35. The molecule has 0 spiro atoms. The fraction of sp³-hybridized carbons (Fsp3) is 0.257. The van der Waals surface area contributed by atoms with Gasteiger partial charge in [-0.05, 0) is 97.2 Å². The Morgan fingerprint density at radius 3 is 1.86 bits per heavy atom. The maximum atomic E-state index is 14.5. The SMILES string of the molecule is CN(CCCc1ccc(OCC(=O)C(F)(F)Cc2ccc(C(=O)O)cc2)cc1)CC(c1ccc(Cl)cc1)c1ccc(Cl)cc1. The van der Waals surface area contributed by atoms with Crippen LogP contribution in [0.5, 0.6) is 5.75 Å². The van der Waals surface area contributed by atoms with Gasteiger partial charge in [0, 0.05) is 28.9 Å². The number of Topliss-reactive ketones (excluding diaryl/α,β-unsaturated/α-hetero) is 1. The third-order valence-corrected chi connectivity index (χ3v) is 7.88. The fourth-order valence-electron chi connectivity index (χ4n) is 4.88. The quantitative estimate of drug-likeness (QED) is 0.142. The molecular formula is C35H33Cl2F2NO4. The Morgan fingerprint density at radius 2 is 1.34 bits per heavy atom. The summed E-state index contributed by atoms with van der Waals surface area (Å²) >= 11 is 12.2. The van der Waals surface area contributed by atoms with Crippen molar-refractivity contribution < 1.29 is 28.2 Å². The van der Waals surface area contributed by atoms with Crippen molar-refractivity contribution in [2.75, 3.05) is 26.7 Å². The number of aryl methyl sites for hydroxylation is 1. The van der Waals surface area contributed by atoms with E-state index in [0.29, 0.717) is 15.8 Å². The van der Waals surface area contributed by atoms with Crippen molar-refractivity contribution in [2.45, 2.75) is 31.1 Å². The molecule has 0 bridgehead atoms. The van der Waals surface area contributed by atoms with Crippen molar-refractivity contribution in [3.63, 3.8) is 0 Å². The van der Waals surface area contributed by atoms with E-state index in [4.69, 9.17) is 33.0 Å². The van der Waals surface area contributed by atoms with Gasteiger partial charge in [0.2, 0.25) is 5.78 Å². The first-order chi connectivity index (χ1) is 21.0. The second-order valence-electron chi connectivity index (χ2n) is 10.8. The molecule has 0 aliphatic carbocycles. The molecule has 44 heavy (non-hydrogen) atoms. The highest BCUT2D eigenvalue weighted by atomic mass is 35.5. The zero-order valence-electron chi connectivity index (χ0n) is 24.2. The molecule has 5 nitrogen and oxygen atoms in total. The predicted molar refractivity (Wildman–Crippen MR) is 170 cm³/mol. The Kier molecular flexibility index (Phi) is 11.5. The van der Waals surface area contributed by atoms with Gasteiger partial charge in [-0.1, -0.05) is 71.7 Å². The van der Waals surface area contributed by atoms with Crippen molar-refractivity contribution in [1.29, 1.82) is 0 Å². The molecule has 0 radical (unpaired) electrons. The summed E-state index contributed by atoms with van der Waals surface area (Å²) in [5, 5.41) is 10.3. The summed E-state index contributed by atoms with van der Waals surface area (Å²) in [6.45, 7) is 0.896. The van der Waals surface area contributed by atoms with E-state index in [0.717, 1.165) is 31.5 Å². The van der Waals surface area contributed by atoms with Crippen LogP contribution < -0.4 is 4.74 Å². The number of ether oxygens (including phenoxy) is 1. The van der Waals surface area contributed by atoms with Gasteiger partial charge in [0.15, 0.2) is 6.61 Å². The number of halogens is 4. The van der Waals surface area contributed by atoms with Gasteiger partial charge >= 0.3 is 11.9 Å². The van der Waals surface area contributed by atoms with Crippen molar-refractivity contribution >= 4 is 35.0 Å². The van der Waals surface area contributed by atoms with Crippen LogP contribution in [-0.4, -0.2) is 54.4 Å². The lowest BCUT2D eigenvalue weighted by Gasteiger charge is -2.25. The van der Waals surface area contributed by atoms with E-state index in [1.54, 1.807) is 12.1 Å². The summed E-state index contributed by atoms with van der Waals surface area (Å²) < 4.78 is 34.3. The van der Waals surface area contributed by atoms with E-state index in [1.807, 2.05) is 36.4 Å². The van der Waals surface area contributed by atoms with Crippen LogP contribution >= 0.6 is 23.2 Å². The molecule has 1 N–H and O–H groups in total. The molecule has 0 fully saturated rings. The van der Waals surface area contributed by atoms with Gasteiger partial charge in [-0.25, -0.2) is 4.79 Å². The molecule has 4 aromatic rings. The van der Waals surface area contributed by atoms with Crippen molar-refractivity contribution in [3.05, 3.63) is 135 Å². The Morgan fingerprint density at radius 1 is 0.818 bits per heavy atom. The molecule has 0 aliphatic rings. The van der Waals surface area contributed by atoms with Crippen LogP contribution in [0.4, 0.5) is 8.78 Å². The lowest BCUT2D eigenvalue weighted by atomic mass is 9.91. The standard InChI is InChI=1S/C35H33Cl2F2NO4/c1-40(22-32(26-10-14-29(36)15-11-26)27-12-16-30(37)17-13-27)20-2-3-24-6-18-31(19-7-24)44-23-33(41)35(38,39)21-25-4-8-28(9-5-25)34(42)43/h4-19,32H,2-3,20-23H2,1H3,(H,42,43). The normalized spacial score (nSPS) is 11.6. The average molecular weight is 641 g/mol. The number of carboxylic acids is 1. The van der Waals surface area contributed by atoms with Crippen LogP contribution in [0.15, 0.2) is 97.1 Å². The summed E-state index contributed by atoms with van der Waals surface area (Å²) in [5.74, 6) is -5.66. The molecule has 0 saturated heterocycles.